The minimum Gasteiger partial charge on any atom is -0.395 e. The van der Waals surface area contributed by atoms with Crippen LogP contribution in [0.1, 0.15) is 25.7 Å². The first-order chi connectivity index (χ1) is 7.31. The van der Waals surface area contributed by atoms with E-state index in [0.717, 1.165) is 19.7 Å². The summed E-state index contributed by atoms with van der Waals surface area (Å²) in [6, 6.07) is 0.441. The molecule has 1 aliphatic heterocycles. The molecule has 2 fully saturated rings. The summed E-state index contributed by atoms with van der Waals surface area (Å²) in [4.78, 5) is 2.41. The lowest BCUT2D eigenvalue weighted by Gasteiger charge is -2.44. The fraction of sp³-hybridized carbons (Fsp3) is 1.00. The largest absolute Gasteiger partial charge is 0.395 e. The molecule has 15 heavy (non-hydrogen) atoms. The molecule has 2 aliphatic rings. The van der Waals surface area contributed by atoms with Gasteiger partial charge in [-0.2, -0.15) is 0 Å². The quantitative estimate of drug-likeness (QED) is 0.691. The smallest absolute Gasteiger partial charge is 0.0730 e. The molecule has 1 saturated carbocycles. The predicted molar refractivity (Wildman–Crippen MR) is 58.6 cm³/mol. The number of hydrogen-bond acceptors (Lipinski definition) is 4. The maximum atomic E-state index is 8.98. The second kappa shape index (κ2) is 5.25. The Hall–Kier alpha value is -0.160. The minimum absolute atomic E-state index is 0.0781. The number of fused-ring (bicyclic) bond motifs is 1. The molecule has 3 N–H and O–H groups in total. The summed E-state index contributed by atoms with van der Waals surface area (Å²) in [5.41, 5.74) is 5.79. The summed E-state index contributed by atoms with van der Waals surface area (Å²) < 4.78 is 5.78. The fourth-order valence-corrected chi connectivity index (χ4v) is 2.76. The second-order valence-electron chi connectivity index (χ2n) is 4.70. The Labute approximate surface area is 91.4 Å². The van der Waals surface area contributed by atoms with Gasteiger partial charge >= 0.3 is 0 Å². The number of ether oxygens (including phenoxy) is 1. The minimum atomic E-state index is -0.106. The fourth-order valence-electron chi connectivity index (χ4n) is 2.76. The first-order valence-corrected chi connectivity index (χ1v) is 6.03. The topological polar surface area (TPSA) is 58.7 Å². The van der Waals surface area contributed by atoms with Gasteiger partial charge in [0.05, 0.1) is 19.3 Å². The Morgan fingerprint density at radius 3 is 3.00 bits per heavy atom. The van der Waals surface area contributed by atoms with Crippen LogP contribution >= 0.6 is 0 Å². The van der Waals surface area contributed by atoms with Gasteiger partial charge in [-0.1, -0.05) is 12.8 Å². The van der Waals surface area contributed by atoms with E-state index in [4.69, 9.17) is 15.6 Å². The van der Waals surface area contributed by atoms with Gasteiger partial charge in [0.1, 0.15) is 0 Å². The molecule has 0 bridgehead atoms. The molecule has 4 heteroatoms. The zero-order valence-electron chi connectivity index (χ0n) is 9.27. The van der Waals surface area contributed by atoms with Crippen molar-refractivity contribution in [2.24, 2.45) is 5.73 Å². The van der Waals surface area contributed by atoms with Gasteiger partial charge in [0.2, 0.25) is 0 Å². The molecule has 0 radical (unpaired) electrons. The van der Waals surface area contributed by atoms with Crippen molar-refractivity contribution in [3.05, 3.63) is 0 Å². The van der Waals surface area contributed by atoms with E-state index in [1.807, 2.05) is 0 Å². The summed E-state index contributed by atoms with van der Waals surface area (Å²) in [6.07, 6.45) is 5.42. The van der Waals surface area contributed by atoms with E-state index in [1.165, 1.54) is 25.7 Å². The SMILES string of the molecule is NC(CO)CN1CCOC2CCCCC21. The number of nitrogens with two attached hydrogens (primary N) is 1. The third-order valence-corrected chi connectivity index (χ3v) is 3.55. The highest BCUT2D eigenvalue weighted by atomic mass is 16.5. The molecule has 3 unspecified atom stereocenters. The van der Waals surface area contributed by atoms with Gasteiger partial charge in [-0.25, -0.2) is 0 Å². The molecule has 0 amide bonds. The van der Waals surface area contributed by atoms with Crippen LogP contribution in [0.2, 0.25) is 0 Å². The number of hydrogen-bond donors (Lipinski definition) is 2. The molecule has 2 rings (SSSR count). The van der Waals surface area contributed by atoms with Crippen molar-refractivity contribution < 1.29 is 9.84 Å². The highest BCUT2D eigenvalue weighted by Gasteiger charge is 2.34. The predicted octanol–water partition coefficient (Wildman–Crippen LogP) is -0.0506. The van der Waals surface area contributed by atoms with Crippen LogP contribution in [0.15, 0.2) is 0 Å². The molecule has 4 nitrogen and oxygen atoms in total. The maximum Gasteiger partial charge on any atom is 0.0730 e. The number of aliphatic hydroxyl groups excluding tert-OH is 1. The van der Waals surface area contributed by atoms with E-state index in [-0.39, 0.29) is 12.6 Å². The summed E-state index contributed by atoms with van der Waals surface area (Å²) >= 11 is 0. The van der Waals surface area contributed by atoms with Crippen LogP contribution in [0.3, 0.4) is 0 Å². The van der Waals surface area contributed by atoms with Crippen LogP contribution in [0.5, 0.6) is 0 Å². The van der Waals surface area contributed by atoms with Gasteiger partial charge in [-0.15, -0.1) is 0 Å². The summed E-state index contributed by atoms with van der Waals surface area (Å²) in [7, 11) is 0. The van der Waals surface area contributed by atoms with Crippen LogP contribution < -0.4 is 5.73 Å². The summed E-state index contributed by atoms with van der Waals surface area (Å²) in [6.45, 7) is 2.67. The third kappa shape index (κ3) is 2.69. The third-order valence-electron chi connectivity index (χ3n) is 3.55. The molecule has 3 atom stereocenters. The molecule has 1 saturated heterocycles. The van der Waals surface area contributed by atoms with E-state index in [0.29, 0.717) is 12.1 Å². The average molecular weight is 214 g/mol. The van der Waals surface area contributed by atoms with Gasteiger partial charge in [-0.3, -0.25) is 4.90 Å². The Balaban J connectivity index is 1.91. The zero-order valence-corrected chi connectivity index (χ0v) is 9.27. The molecular weight excluding hydrogens is 192 g/mol. The standard InChI is InChI=1S/C11H22N2O2/c12-9(8-14)7-13-5-6-15-11-4-2-1-3-10(11)13/h9-11,14H,1-8,12H2. The van der Waals surface area contributed by atoms with Crippen LogP contribution in [0.4, 0.5) is 0 Å². The van der Waals surface area contributed by atoms with Crippen LogP contribution in [-0.2, 0) is 4.74 Å². The average Bonchev–Trinajstić information content (AvgIpc) is 2.29. The van der Waals surface area contributed by atoms with E-state index < -0.39 is 0 Å². The lowest BCUT2D eigenvalue weighted by Crippen LogP contribution is -2.55. The van der Waals surface area contributed by atoms with Crippen molar-refractivity contribution in [1.82, 2.24) is 4.90 Å². The molecule has 88 valence electrons. The monoisotopic (exact) mass is 214 g/mol. The first-order valence-electron chi connectivity index (χ1n) is 6.03. The highest BCUT2D eigenvalue weighted by molar-refractivity contribution is 4.88. The Morgan fingerprint density at radius 1 is 1.40 bits per heavy atom. The first kappa shape index (κ1) is 11.3. The molecule has 1 aliphatic carbocycles. The van der Waals surface area contributed by atoms with E-state index in [9.17, 15) is 0 Å². The van der Waals surface area contributed by atoms with Gasteiger partial charge < -0.3 is 15.6 Å². The van der Waals surface area contributed by atoms with Crippen molar-refractivity contribution in [1.29, 1.82) is 0 Å². The molecule has 0 aromatic heterocycles. The number of nitrogens with zero attached hydrogens (tertiary/aromatic N) is 1. The van der Waals surface area contributed by atoms with Crippen molar-refractivity contribution in [2.75, 3.05) is 26.3 Å². The van der Waals surface area contributed by atoms with E-state index >= 15 is 0 Å². The van der Waals surface area contributed by atoms with Gasteiger partial charge in [0.25, 0.3) is 0 Å². The van der Waals surface area contributed by atoms with E-state index in [1.54, 1.807) is 0 Å². The lowest BCUT2D eigenvalue weighted by molar-refractivity contribution is -0.0902. The van der Waals surface area contributed by atoms with Gasteiger partial charge in [0.15, 0.2) is 0 Å². The molecule has 0 aromatic carbocycles. The molecule has 1 heterocycles. The zero-order chi connectivity index (χ0) is 10.7. The van der Waals surface area contributed by atoms with Crippen molar-refractivity contribution in [3.63, 3.8) is 0 Å². The number of rotatable bonds is 3. The molecule has 0 aromatic rings. The second-order valence-corrected chi connectivity index (χ2v) is 4.70. The lowest BCUT2D eigenvalue weighted by atomic mass is 9.90. The number of aliphatic hydroxyl groups is 1. The van der Waals surface area contributed by atoms with Crippen LogP contribution in [-0.4, -0.2) is 54.5 Å². The van der Waals surface area contributed by atoms with E-state index in [2.05, 4.69) is 4.90 Å². The normalized spacial score (nSPS) is 34.8. The van der Waals surface area contributed by atoms with Gasteiger partial charge in [-0.05, 0) is 12.8 Å². The Bertz CT molecular complexity index is 199. The number of morpholine rings is 1. The van der Waals surface area contributed by atoms with Crippen molar-refractivity contribution in [3.8, 4) is 0 Å². The highest BCUT2D eigenvalue weighted by Crippen LogP contribution is 2.28. The summed E-state index contributed by atoms with van der Waals surface area (Å²) in [5.74, 6) is 0. The van der Waals surface area contributed by atoms with Crippen molar-refractivity contribution >= 4 is 0 Å². The molecule has 0 spiro atoms. The Kier molecular flexibility index (Phi) is 3.97. The molecular formula is C11H22N2O2. The van der Waals surface area contributed by atoms with Crippen LogP contribution in [0, 0.1) is 0 Å². The van der Waals surface area contributed by atoms with Crippen LogP contribution in [0.25, 0.3) is 0 Å². The maximum absolute atomic E-state index is 8.98. The Morgan fingerprint density at radius 2 is 2.20 bits per heavy atom. The summed E-state index contributed by atoms with van der Waals surface area (Å²) in [5, 5.41) is 8.98. The van der Waals surface area contributed by atoms with Crippen molar-refractivity contribution in [2.45, 2.75) is 43.9 Å². The van der Waals surface area contributed by atoms with Gasteiger partial charge in [0, 0.05) is 25.2 Å².